The molecule has 23 heavy (non-hydrogen) atoms. The van der Waals surface area contributed by atoms with Gasteiger partial charge in [0.1, 0.15) is 0 Å². The summed E-state index contributed by atoms with van der Waals surface area (Å²) in [6.45, 7) is 7.72. The molecule has 0 radical (unpaired) electrons. The molecule has 0 amide bonds. The molecule has 1 aliphatic heterocycles. The highest BCUT2D eigenvalue weighted by Gasteiger charge is 2.25. The Kier molecular flexibility index (Phi) is 6.77. The molecular weight excluding hydrogens is 318 g/mol. The summed E-state index contributed by atoms with van der Waals surface area (Å²) >= 11 is 1.42. The minimum atomic E-state index is -2.81. The van der Waals surface area contributed by atoms with Crippen LogP contribution in [-0.2, 0) is 13.0 Å². The van der Waals surface area contributed by atoms with Crippen LogP contribution < -0.4 is 4.74 Å². The third-order valence-corrected chi connectivity index (χ3v) is 5.43. The van der Waals surface area contributed by atoms with Gasteiger partial charge in [-0.3, -0.25) is 4.90 Å². The van der Waals surface area contributed by atoms with Crippen LogP contribution in [0.3, 0.4) is 0 Å². The summed E-state index contributed by atoms with van der Waals surface area (Å²) in [6.07, 6.45) is 5.97. The second-order valence-corrected chi connectivity index (χ2v) is 7.63. The van der Waals surface area contributed by atoms with Gasteiger partial charge in [0, 0.05) is 24.9 Å². The third kappa shape index (κ3) is 5.99. The van der Waals surface area contributed by atoms with Crippen molar-refractivity contribution in [3.8, 4) is 5.19 Å². The minimum absolute atomic E-state index is 0.385. The molecule has 0 spiro atoms. The highest BCUT2D eigenvalue weighted by atomic mass is 32.1. The number of rotatable bonds is 9. The molecule has 1 unspecified atom stereocenters. The number of aromatic nitrogens is 1. The zero-order valence-corrected chi connectivity index (χ0v) is 15.2. The SMILES string of the molecule is CCCC(CC)CCN1CCc2sc(OCC(C)(F)F)nc2C1. The second-order valence-electron chi connectivity index (χ2n) is 6.59. The molecule has 1 aliphatic rings. The van der Waals surface area contributed by atoms with Crippen LogP contribution in [0.1, 0.15) is 57.0 Å². The van der Waals surface area contributed by atoms with Gasteiger partial charge in [-0.2, -0.15) is 0 Å². The van der Waals surface area contributed by atoms with Gasteiger partial charge in [-0.15, -0.1) is 0 Å². The molecule has 2 heterocycles. The van der Waals surface area contributed by atoms with Crippen LogP contribution in [0.2, 0.25) is 0 Å². The summed E-state index contributed by atoms with van der Waals surface area (Å²) in [5.41, 5.74) is 1.01. The summed E-state index contributed by atoms with van der Waals surface area (Å²) in [4.78, 5) is 8.03. The van der Waals surface area contributed by atoms with Crippen LogP contribution in [0.25, 0.3) is 0 Å². The van der Waals surface area contributed by atoms with E-state index in [2.05, 4.69) is 23.7 Å². The van der Waals surface area contributed by atoms with E-state index < -0.39 is 12.5 Å². The van der Waals surface area contributed by atoms with Crippen LogP contribution in [-0.4, -0.2) is 35.5 Å². The van der Waals surface area contributed by atoms with Gasteiger partial charge in [-0.05, 0) is 25.3 Å². The fourth-order valence-electron chi connectivity index (χ4n) is 3.00. The van der Waals surface area contributed by atoms with Gasteiger partial charge in [-0.1, -0.05) is 44.4 Å². The molecule has 132 valence electrons. The lowest BCUT2D eigenvalue weighted by Gasteiger charge is -2.27. The molecule has 0 bridgehead atoms. The molecule has 2 rings (SSSR count). The van der Waals surface area contributed by atoms with Crippen molar-refractivity contribution in [2.24, 2.45) is 5.92 Å². The van der Waals surface area contributed by atoms with Crippen molar-refractivity contribution in [2.45, 2.75) is 65.3 Å². The predicted octanol–water partition coefficient (Wildman–Crippen LogP) is 4.75. The standard InChI is InChI=1S/C17H28F2N2OS/c1-4-6-13(5-2)7-9-21-10-8-15-14(11-21)20-16(23-15)22-12-17(3,18)19/h13H,4-12H2,1-3H3. The van der Waals surface area contributed by atoms with E-state index in [0.29, 0.717) is 5.19 Å². The van der Waals surface area contributed by atoms with Crippen molar-refractivity contribution in [3.63, 3.8) is 0 Å². The first kappa shape index (κ1) is 18.6. The average molecular weight is 346 g/mol. The highest BCUT2D eigenvalue weighted by Crippen LogP contribution is 2.31. The fourth-order valence-corrected chi connectivity index (χ4v) is 3.90. The Morgan fingerprint density at radius 2 is 2.13 bits per heavy atom. The van der Waals surface area contributed by atoms with Crippen LogP contribution >= 0.6 is 11.3 Å². The normalized spacial score (nSPS) is 17.1. The van der Waals surface area contributed by atoms with E-state index in [-0.39, 0.29) is 0 Å². The number of hydrogen-bond donors (Lipinski definition) is 0. The maximum Gasteiger partial charge on any atom is 0.278 e. The molecular formula is C17H28F2N2OS. The summed E-state index contributed by atoms with van der Waals surface area (Å²) in [7, 11) is 0. The first-order valence-electron chi connectivity index (χ1n) is 8.62. The Hall–Kier alpha value is -0.750. The molecule has 1 atom stereocenters. The number of nitrogens with zero attached hydrogens (tertiary/aromatic N) is 2. The Balaban J connectivity index is 1.84. The quantitative estimate of drug-likeness (QED) is 0.645. The summed E-state index contributed by atoms with van der Waals surface area (Å²) in [6, 6.07) is 0. The predicted molar refractivity (Wildman–Crippen MR) is 90.5 cm³/mol. The van der Waals surface area contributed by atoms with Gasteiger partial charge in [0.2, 0.25) is 0 Å². The molecule has 0 aromatic carbocycles. The minimum Gasteiger partial charge on any atom is -0.464 e. The lowest BCUT2D eigenvalue weighted by atomic mass is 9.96. The van der Waals surface area contributed by atoms with Crippen LogP contribution in [0, 0.1) is 5.92 Å². The Labute approximate surface area is 142 Å². The van der Waals surface area contributed by atoms with Crippen molar-refractivity contribution in [3.05, 3.63) is 10.6 Å². The highest BCUT2D eigenvalue weighted by molar-refractivity contribution is 7.13. The number of ether oxygens (including phenoxy) is 1. The van der Waals surface area contributed by atoms with E-state index >= 15 is 0 Å². The van der Waals surface area contributed by atoms with Gasteiger partial charge in [-0.25, -0.2) is 13.8 Å². The maximum absolute atomic E-state index is 12.9. The summed E-state index contributed by atoms with van der Waals surface area (Å²) < 4.78 is 30.9. The molecule has 3 nitrogen and oxygen atoms in total. The smallest absolute Gasteiger partial charge is 0.278 e. The molecule has 6 heteroatoms. The number of alkyl halides is 2. The van der Waals surface area contributed by atoms with E-state index in [0.717, 1.165) is 44.6 Å². The van der Waals surface area contributed by atoms with Crippen molar-refractivity contribution in [2.75, 3.05) is 19.7 Å². The van der Waals surface area contributed by atoms with Gasteiger partial charge in [0.25, 0.3) is 11.1 Å². The van der Waals surface area contributed by atoms with E-state index in [9.17, 15) is 8.78 Å². The van der Waals surface area contributed by atoms with Crippen molar-refractivity contribution in [1.29, 1.82) is 0 Å². The van der Waals surface area contributed by atoms with Crippen molar-refractivity contribution in [1.82, 2.24) is 9.88 Å². The monoisotopic (exact) mass is 346 g/mol. The maximum atomic E-state index is 12.9. The Bertz CT molecular complexity index is 487. The van der Waals surface area contributed by atoms with Crippen LogP contribution in [0.4, 0.5) is 8.78 Å². The van der Waals surface area contributed by atoms with Crippen molar-refractivity contribution < 1.29 is 13.5 Å². The van der Waals surface area contributed by atoms with Gasteiger partial charge >= 0.3 is 0 Å². The zero-order valence-electron chi connectivity index (χ0n) is 14.4. The second kappa shape index (κ2) is 8.38. The zero-order chi connectivity index (χ0) is 16.9. The van der Waals surface area contributed by atoms with Gasteiger partial charge in [0.05, 0.1) is 5.69 Å². The van der Waals surface area contributed by atoms with Gasteiger partial charge < -0.3 is 4.74 Å². The van der Waals surface area contributed by atoms with E-state index in [1.54, 1.807) is 0 Å². The fraction of sp³-hybridized carbons (Fsp3) is 0.824. The van der Waals surface area contributed by atoms with E-state index in [1.807, 2.05) is 0 Å². The molecule has 0 fully saturated rings. The topological polar surface area (TPSA) is 25.4 Å². The van der Waals surface area contributed by atoms with Crippen LogP contribution in [0.15, 0.2) is 0 Å². The lowest BCUT2D eigenvalue weighted by molar-refractivity contribution is -0.0230. The largest absolute Gasteiger partial charge is 0.464 e. The molecule has 0 aliphatic carbocycles. The third-order valence-electron chi connectivity index (χ3n) is 4.36. The Morgan fingerprint density at radius 1 is 1.35 bits per heavy atom. The number of hydrogen-bond acceptors (Lipinski definition) is 4. The molecule has 1 aromatic heterocycles. The molecule has 0 saturated carbocycles. The average Bonchev–Trinajstić information content (AvgIpc) is 2.91. The van der Waals surface area contributed by atoms with Crippen LogP contribution in [0.5, 0.6) is 5.19 Å². The van der Waals surface area contributed by atoms with Gasteiger partial charge in [0.15, 0.2) is 6.61 Å². The summed E-state index contributed by atoms with van der Waals surface area (Å²) in [5.74, 6) is -2.00. The molecule has 1 aromatic rings. The Morgan fingerprint density at radius 3 is 2.78 bits per heavy atom. The lowest BCUT2D eigenvalue weighted by Crippen LogP contribution is -2.31. The number of halogens is 2. The molecule has 0 N–H and O–H groups in total. The number of thiazole rings is 1. The summed E-state index contributed by atoms with van der Waals surface area (Å²) in [5, 5.41) is 0.385. The van der Waals surface area contributed by atoms with E-state index in [4.69, 9.17) is 4.74 Å². The first-order valence-corrected chi connectivity index (χ1v) is 9.44. The first-order chi connectivity index (χ1) is 10.9. The van der Waals surface area contributed by atoms with E-state index in [1.165, 1.54) is 41.9 Å². The van der Waals surface area contributed by atoms with Crippen molar-refractivity contribution >= 4 is 11.3 Å². The number of fused-ring (bicyclic) bond motifs is 1. The molecule has 0 saturated heterocycles.